The molecule has 1 saturated carbocycles. The van der Waals surface area contributed by atoms with Gasteiger partial charge in [-0.1, -0.05) is 19.9 Å². The molecule has 0 aromatic carbocycles. The first-order valence-corrected chi connectivity index (χ1v) is 7.03. The summed E-state index contributed by atoms with van der Waals surface area (Å²) in [5, 5.41) is 20.2. The number of ether oxygens (including phenoxy) is 1. The molecule has 4 nitrogen and oxygen atoms in total. The zero-order valence-electron chi connectivity index (χ0n) is 12.4. The van der Waals surface area contributed by atoms with Crippen molar-refractivity contribution in [1.82, 2.24) is 4.98 Å². The Bertz CT molecular complexity index is 509. The van der Waals surface area contributed by atoms with Crippen molar-refractivity contribution in [2.24, 2.45) is 10.8 Å². The van der Waals surface area contributed by atoms with E-state index in [0.29, 0.717) is 24.4 Å². The van der Waals surface area contributed by atoms with Crippen LogP contribution in [-0.4, -0.2) is 17.2 Å². The van der Waals surface area contributed by atoms with Crippen LogP contribution in [0.2, 0.25) is 0 Å². The van der Waals surface area contributed by atoms with Gasteiger partial charge in [0.25, 0.3) is 0 Å². The third kappa shape index (κ3) is 2.78. The van der Waals surface area contributed by atoms with Gasteiger partial charge in [0.05, 0.1) is 24.3 Å². The van der Waals surface area contributed by atoms with Gasteiger partial charge in [-0.15, -0.1) is 0 Å². The molecule has 1 aromatic heterocycles. The molecule has 1 heterocycles. The van der Waals surface area contributed by atoms with Crippen molar-refractivity contribution in [3.05, 3.63) is 23.9 Å². The molecule has 0 radical (unpaired) electrons. The Labute approximate surface area is 120 Å². The molecule has 20 heavy (non-hydrogen) atoms. The van der Waals surface area contributed by atoms with E-state index in [0.717, 1.165) is 12.8 Å². The van der Waals surface area contributed by atoms with Gasteiger partial charge in [0.15, 0.2) is 0 Å². The average Bonchev–Trinajstić information content (AvgIpc) is 2.47. The second-order valence-electron chi connectivity index (χ2n) is 6.44. The number of aliphatic hydroxyl groups excluding tert-OH is 1. The predicted octanol–water partition coefficient (Wildman–Crippen LogP) is 3.23. The fourth-order valence-electron chi connectivity index (χ4n) is 2.80. The Kier molecular flexibility index (Phi) is 4.01. The summed E-state index contributed by atoms with van der Waals surface area (Å²) >= 11 is 0. The van der Waals surface area contributed by atoms with Crippen LogP contribution in [0.4, 0.5) is 0 Å². The van der Waals surface area contributed by atoms with Gasteiger partial charge in [-0.25, -0.2) is 4.98 Å². The van der Waals surface area contributed by atoms with Gasteiger partial charge in [0.1, 0.15) is 6.10 Å². The van der Waals surface area contributed by atoms with Gasteiger partial charge < -0.3 is 9.84 Å². The highest BCUT2D eigenvalue weighted by Gasteiger charge is 2.45. The van der Waals surface area contributed by atoms with Crippen LogP contribution in [0.15, 0.2) is 18.2 Å². The highest BCUT2D eigenvalue weighted by Crippen LogP contribution is 2.50. The highest BCUT2D eigenvalue weighted by molar-refractivity contribution is 5.22. The summed E-state index contributed by atoms with van der Waals surface area (Å²) < 4.78 is 5.09. The molecular weight excluding hydrogens is 252 g/mol. The Balaban J connectivity index is 2.25. The second-order valence-corrected chi connectivity index (χ2v) is 6.44. The Hall–Kier alpha value is -1.60. The molecule has 1 unspecified atom stereocenters. The van der Waals surface area contributed by atoms with Crippen molar-refractivity contribution in [2.75, 3.05) is 7.11 Å². The summed E-state index contributed by atoms with van der Waals surface area (Å²) in [6.07, 6.45) is 2.44. The van der Waals surface area contributed by atoms with Gasteiger partial charge in [-0.3, -0.25) is 0 Å². The van der Waals surface area contributed by atoms with Crippen LogP contribution in [0, 0.1) is 22.2 Å². The molecule has 0 aliphatic heterocycles. The van der Waals surface area contributed by atoms with Crippen molar-refractivity contribution in [3.63, 3.8) is 0 Å². The van der Waals surface area contributed by atoms with Crippen molar-refractivity contribution in [3.8, 4) is 11.9 Å². The smallest absolute Gasteiger partial charge is 0.213 e. The third-order valence-electron chi connectivity index (χ3n) is 4.48. The number of rotatable bonds is 3. The van der Waals surface area contributed by atoms with E-state index in [-0.39, 0.29) is 5.41 Å². The number of aliphatic hydroxyl groups is 1. The lowest BCUT2D eigenvalue weighted by Crippen LogP contribution is -2.35. The number of pyridine rings is 1. The molecule has 0 spiro atoms. The average molecular weight is 274 g/mol. The summed E-state index contributed by atoms with van der Waals surface area (Å²) in [5.41, 5.74) is 0.0436. The lowest BCUT2D eigenvalue weighted by molar-refractivity contribution is 0.00671. The molecule has 1 aliphatic carbocycles. The summed E-state index contributed by atoms with van der Waals surface area (Å²) in [6, 6.07) is 7.65. The fraction of sp³-hybridized carbons (Fsp3) is 0.625. The summed E-state index contributed by atoms with van der Waals surface area (Å²) in [7, 11) is 1.54. The molecule has 4 heteroatoms. The first-order valence-electron chi connectivity index (χ1n) is 7.03. The van der Waals surface area contributed by atoms with Crippen LogP contribution in [0.3, 0.4) is 0 Å². The second kappa shape index (κ2) is 5.41. The number of nitrogens with zero attached hydrogens (tertiary/aromatic N) is 2. The van der Waals surface area contributed by atoms with Crippen molar-refractivity contribution >= 4 is 0 Å². The van der Waals surface area contributed by atoms with Gasteiger partial charge in [0.2, 0.25) is 5.88 Å². The topological polar surface area (TPSA) is 66.1 Å². The largest absolute Gasteiger partial charge is 0.481 e. The van der Waals surface area contributed by atoms with Gasteiger partial charge >= 0.3 is 0 Å². The van der Waals surface area contributed by atoms with E-state index in [9.17, 15) is 10.4 Å². The molecule has 1 N–H and O–H groups in total. The maximum Gasteiger partial charge on any atom is 0.213 e. The van der Waals surface area contributed by atoms with Gasteiger partial charge in [-0.05, 0) is 37.2 Å². The van der Waals surface area contributed by atoms with Crippen molar-refractivity contribution in [1.29, 1.82) is 5.26 Å². The number of aromatic nitrogens is 1. The zero-order chi connectivity index (χ0) is 14.8. The number of hydrogen-bond acceptors (Lipinski definition) is 4. The van der Waals surface area contributed by atoms with E-state index in [2.05, 4.69) is 24.9 Å². The van der Waals surface area contributed by atoms with E-state index in [4.69, 9.17) is 4.74 Å². The number of nitriles is 1. The fourth-order valence-corrected chi connectivity index (χ4v) is 2.80. The molecule has 1 atom stereocenters. The Morgan fingerprint density at radius 2 is 1.95 bits per heavy atom. The monoisotopic (exact) mass is 274 g/mol. The minimum Gasteiger partial charge on any atom is -0.481 e. The van der Waals surface area contributed by atoms with Crippen LogP contribution in [0.25, 0.3) is 0 Å². The normalized spacial score (nSPS) is 21.8. The first-order chi connectivity index (χ1) is 9.42. The van der Waals surface area contributed by atoms with E-state index >= 15 is 0 Å². The quantitative estimate of drug-likeness (QED) is 0.919. The van der Waals surface area contributed by atoms with Gasteiger partial charge in [0, 0.05) is 6.07 Å². The highest BCUT2D eigenvalue weighted by atomic mass is 16.5. The molecule has 108 valence electrons. The standard InChI is InChI=1S/C16H22N2O2/c1-15(2)7-9-16(11-17,10-8-15)14(19)12-5-4-6-13(18-12)20-3/h4-6,14,19H,7-10H2,1-3H3. The SMILES string of the molecule is COc1cccc(C(O)C2(C#N)CCC(C)(C)CC2)n1. The van der Waals surface area contributed by atoms with E-state index in [1.165, 1.54) is 0 Å². The van der Waals surface area contributed by atoms with Crippen molar-refractivity contribution in [2.45, 2.75) is 45.6 Å². The Morgan fingerprint density at radius 3 is 2.50 bits per heavy atom. The molecule has 1 aliphatic rings. The maximum atomic E-state index is 10.6. The summed E-state index contributed by atoms with van der Waals surface area (Å²) in [4.78, 5) is 4.27. The molecular formula is C16H22N2O2. The van der Waals surface area contributed by atoms with Crippen LogP contribution >= 0.6 is 0 Å². The van der Waals surface area contributed by atoms with E-state index in [1.807, 2.05) is 0 Å². The first kappa shape index (κ1) is 14.8. The minimum absolute atomic E-state index is 0.252. The van der Waals surface area contributed by atoms with Crippen molar-refractivity contribution < 1.29 is 9.84 Å². The number of hydrogen-bond donors (Lipinski definition) is 1. The van der Waals surface area contributed by atoms with E-state index in [1.54, 1.807) is 25.3 Å². The lowest BCUT2D eigenvalue weighted by Gasteiger charge is -2.41. The Morgan fingerprint density at radius 1 is 1.30 bits per heavy atom. The van der Waals surface area contributed by atoms with E-state index < -0.39 is 11.5 Å². The third-order valence-corrected chi connectivity index (χ3v) is 4.48. The molecule has 0 bridgehead atoms. The molecule has 2 rings (SSSR count). The molecule has 0 saturated heterocycles. The number of methoxy groups -OCH3 is 1. The predicted molar refractivity (Wildman–Crippen MR) is 76.0 cm³/mol. The van der Waals surface area contributed by atoms with Crippen LogP contribution in [0.1, 0.15) is 51.3 Å². The maximum absolute atomic E-state index is 10.6. The zero-order valence-corrected chi connectivity index (χ0v) is 12.4. The molecule has 1 fully saturated rings. The summed E-state index contributed by atoms with van der Waals surface area (Å²) in [5.74, 6) is 0.464. The molecule has 0 amide bonds. The van der Waals surface area contributed by atoms with Gasteiger partial charge in [-0.2, -0.15) is 5.26 Å². The lowest BCUT2D eigenvalue weighted by atomic mass is 9.63. The minimum atomic E-state index is -0.862. The summed E-state index contributed by atoms with van der Waals surface area (Å²) in [6.45, 7) is 4.43. The van der Waals surface area contributed by atoms with Crippen LogP contribution in [-0.2, 0) is 0 Å². The van der Waals surface area contributed by atoms with Crippen LogP contribution in [0.5, 0.6) is 5.88 Å². The molecule has 1 aromatic rings. The van der Waals surface area contributed by atoms with Crippen LogP contribution < -0.4 is 4.74 Å².